The normalized spacial score (nSPS) is 9.40. The molecule has 0 aromatic rings. The fraction of sp³-hybridized carbons (Fsp3) is 0.333. The highest BCUT2D eigenvalue weighted by Crippen LogP contribution is 1.83. The molecular weight excluding hydrogens is 136 g/mol. The van der Waals surface area contributed by atoms with Gasteiger partial charge in [-0.05, 0) is 6.92 Å². The summed E-state index contributed by atoms with van der Waals surface area (Å²) in [5.74, 6) is -1.35. The Morgan fingerprint density at radius 2 is 1.90 bits per heavy atom. The molecule has 4 heteroatoms. The molecule has 0 radical (unpaired) electrons. The minimum absolute atomic E-state index is 0.655. The Hall–Kier alpha value is -1.32. The number of rotatable bonds is 1. The highest BCUT2D eigenvalue weighted by molar-refractivity contribution is 5.82. The maximum atomic E-state index is 10.4. The highest BCUT2D eigenvalue weighted by Gasteiger charge is 1.98. The Morgan fingerprint density at radius 1 is 1.30 bits per heavy atom. The zero-order valence-electron chi connectivity index (χ0n) is 5.79. The van der Waals surface area contributed by atoms with Crippen molar-refractivity contribution in [3.63, 3.8) is 0 Å². The van der Waals surface area contributed by atoms with Crippen molar-refractivity contribution >= 4 is 11.9 Å². The fourth-order valence-corrected chi connectivity index (χ4v) is 0.264. The maximum Gasteiger partial charge on any atom is 0.378 e. The predicted molar refractivity (Wildman–Crippen MR) is 32.7 cm³/mol. The van der Waals surface area contributed by atoms with Crippen molar-refractivity contribution < 1.29 is 19.4 Å². The van der Waals surface area contributed by atoms with Gasteiger partial charge in [0.1, 0.15) is 0 Å². The largest absolute Gasteiger partial charge is 0.378 e. The van der Waals surface area contributed by atoms with E-state index in [1.165, 1.54) is 6.08 Å². The molecule has 0 spiro atoms. The molecule has 0 rings (SSSR count). The quantitative estimate of drug-likeness (QED) is 0.307. The van der Waals surface area contributed by atoms with E-state index >= 15 is 0 Å². The van der Waals surface area contributed by atoms with Crippen molar-refractivity contribution in [3.05, 3.63) is 12.2 Å². The first-order valence-electron chi connectivity index (χ1n) is 2.68. The van der Waals surface area contributed by atoms with Gasteiger partial charge in [0.05, 0.1) is 0 Å². The third-order valence-corrected chi connectivity index (χ3v) is 0.544. The summed E-state index contributed by atoms with van der Waals surface area (Å²) < 4.78 is 0. The Bertz CT molecular complexity index is 159. The van der Waals surface area contributed by atoms with Crippen LogP contribution in [0.15, 0.2) is 12.2 Å². The Labute approximate surface area is 58.4 Å². The first kappa shape index (κ1) is 8.68. The average Bonchev–Trinajstić information content (AvgIpc) is 1.85. The number of hydrogen-bond acceptors (Lipinski definition) is 4. The van der Waals surface area contributed by atoms with Gasteiger partial charge < -0.3 is 0 Å². The number of carbonyl (C=O) groups is 2. The summed E-state index contributed by atoms with van der Waals surface area (Å²) in [6.45, 7) is 2.79. The Balaban J connectivity index is 3.50. The molecule has 0 bridgehead atoms. The molecule has 56 valence electrons. The molecular formula is C6H8O4. The van der Waals surface area contributed by atoms with Crippen LogP contribution in [0.4, 0.5) is 0 Å². The predicted octanol–water partition coefficient (Wildman–Crippen LogP) is 0.584. The van der Waals surface area contributed by atoms with Crippen LogP contribution >= 0.6 is 0 Å². The van der Waals surface area contributed by atoms with Gasteiger partial charge in [0.25, 0.3) is 0 Å². The zero-order valence-corrected chi connectivity index (χ0v) is 5.79. The van der Waals surface area contributed by atoms with E-state index in [1.807, 2.05) is 0 Å². The second-order valence-corrected chi connectivity index (χ2v) is 1.48. The first-order valence-corrected chi connectivity index (χ1v) is 2.68. The smallest absolute Gasteiger partial charge is 0.248 e. The van der Waals surface area contributed by atoms with Crippen molar-refractivity contribution in [2.45, 2.75) is 13.8 Å². The summed E-state index contributed by atoms with van der Waals surface area (Å²) >= 11 is 0. The highest BCUT2D eigenvalue weighted by atomic mass is 17.2. The minimum Gasteiger partial charge on any atom is -0.248 e. The standard InChI is InChI=1S/C6H8O4/c1-3-4-6(8)10-9-5(2)7/h3-4H,1-2H3/b4-3+. The van der Waals surface area contributed by atoms with Gasteiger partial charge in [0, 0.05) is 13.0 Å². The van der Waals surface area contributed by atoms with Gasteiger partial charge in [0.2, 0.25) is 0 Å². The topological polar surface area (TPSA) is 52.6 Å². The Morgan fingerprint density at radius 3 is 2.30 bits per heavy atom. The van der Waals surface area contributed by atoms with Gasteiger partial charge in [-0.1, -0.05) is 6.08 Å². The fourth-order valence-electron chi connectivity index (χ4n) is 0.264. The second kappa shape index (κ2) is 4.55. The lowest BCUT2D eigenvalue weighted by Gasteiger charge is -1.94. The van der Waals surface area contributed by atoms with Crippen LogP contribution in [0.1, 0.15) is 13.8 Å². The molecule has 0 N–H and O–H groups in total. The summed E-state index contributed by atoms with van der Waals surface area (Å²) in [5, 5.41) is 0. The van der Waals surface area contributed by atoms with Crippen LogP contribution in [0.2, 0.25) is 0 Å². The van der Waals surface area contributed by atoms with Crippen molar-refractivity contribution in [1.29, 1.82) is 0 Å². The van der Waals surface area contributed by atoms with Crippen molar-refractivity contribution in [2.75, 3.05) is 0 Å². The van der Waals surface area contributed by atoms with Gasteiger partial charge in [0.15, 0.2) is 0 Å². The average molecular weight is 144 g/mol. The van der Waals surface area contributed by atoms with Crippen LogP contribution in [0.25, 0.3) is 0 Å². The maximum absolute atomic E-state index is 10.4. The van der Waals surface area contributed by atoms with E-state index in [0.29, 0.717) is 0 Å². The van der Waals surface area contributed by atoms with E-state index in [9.17, 15) is 9.59 Å². The van der Waals surface area contributed by atoms with Crippen molar-refractivity contribution in [1.82, 2.24) is 0 Å². The monoisotopic (exact) mass is 144 g/mol. The van der Waals surface area contributed by atoms with Crippen molar-refractivity contribution in [3.8, 4) is 0 Å². The molecule has 0 fully saturated rings. The molecule has 0 aliphatic carbocycles. The van der Waals surface area contributed by atoms with Gasteiger partial charge in [-0.3, -0.25) is 0 Å². The van der Waals surface area contributed by atoms with E-state index < -0.39 is 11.9 Å². The van der Waals surface area contributed by atoms with E-state index in [4.69, 9.17) is 0 Å². The number of allylic oxidation sites excluding steroid dienone is 1. The summed E-state index contributed by atoms with van der Waals surface area (Å²) in [6, 6.07) is 0. The molecule has 0 saturated heterocycles. The number of hydrogen-bond donors (Lipinski definition) is 0. The molecule has 0 amide bonds. The van der Waals surface area contributed by atoms with Crippen LogP contribution in [0.5, 0.6) is 0 Å². The van der Waals surface area contributed by atoms with Crippen LogP contribution in [0, 0.1) is 0 Å². The molecule has 0 unspecified atom stereocenters. The molecule has 4 nitrogen and oxygen atoms in total. The Kier molecular flexibility index (Phi) is 3.95. The van der Waals surface area contributed by atoms with E-state index in [1.54, 1.807) is 6.92 Å². The van der Waals surface area contributed by atoms with Gasteiger partial charge >= 0.3 is 11.9 Å². The van der Waals surface area contributed by atoms with Crippen LogP contribution in [0.3, 0.4) is 0 Å². The molecule has 0 atom stereocenters. The van der Waals surface area contributed by atoms with E-state index in [2.05, 4.69) is 9.78 Å². The third-order valence-electron chi connectivity index (χ3n) is 0.544. The molecule has 0 aromatic carbocycles. The first-order chi connectivity index (χ1) is 4.66. The molecule has 0 heterocycles. The lowest BCUT2D eigenvalue weighted by atomic mass is 10.5. The van der Waals surface area contributed by atoms with Crippen LogP contribution in [-0.2, 0) is 19.4 Å². The van der Waals surface area contributed by atoms with E-state index in [0.717, 1.165) is 13.0 Å². The number of carbonyl (C=O) groups excluding carboxylic acids is 2. The van der Waals surface area contributed by atoms with E-state index in [-0.39, 0.29) is 0 Å². The lowest BCUT2D eigenvalue weighted by Crippen LogP contribution is -2.05. The lowest BCUT2D eigenvalue weighted by molar-refractivity contribution is -0.253. The molecule has 10 heavy (non-hydrogen) atoms. The summed E-state index contributed by atoms with van der Waals surface area (Å²) in [4.78, 5) is 28.3. The molecule has 0 aliphatic rings. The van der Waals surface area contributed by atoms with Gasteiger partial charge in [-0.2, -0.15) is 0 Å². The second-order valence-electron chi connectivity index (χ2n) is 1.48. The van der Waals surface area contributed by atoms with Crippen LogP contribution < -0.4 is 0 Å². The zero-order chi connectivity index (χ0) is 7.98. The minimum atomic E-state index is -0.697. The van der Waals surface area contributed by atoms with Gasteiger partial charge in [-0.15, -0.1) is 0 Å². The van der Waals surface area contributed by atoms with Crippen molar-refractivity contribution in [2.24, 2.45) is 0 Å². The molecule has 0 aromatic heterocycles. The third kappa shape index (κ3) is 4.83. The van der Waals surface area contributed by atoms with Gasteiger partial charge in [-0.25, -0.2) is 19.4 Å². The van der Waals surface area contributed by atoms with Crippen LogP contribution in [-0.4, -0.2) is 11.9 Å². The summed E-state index contributed by atoms with van der Waals surface area (Å²) in [7, 11) is 0. The summed E-state index contributed by atoms with van der Waals surface area (Å²) in [6.07, 6.45) is 2.62. The summed E-state index contributed by atoms with van der Waals surface area (Å²) in [5.41, 5.74) is 0. The SMILES string of the molecule is C/C=C/C(=O)OOC(C)=O. The molecule has 0 saturated carbocycles. The molecule has 0 aliphatic heterocycles.